The van der Waals surface area contributed by atoms with E-state index < -0.39 is 7.12 Å². The maximum absolute atomic E-state index is 9.02. The van der Waals surface area contributed by atoms with E-state index >= 15 is 0 Å². The molecule has 1 aromatic carbocycles. The van der Waals surface area contributed by atoms with Gasteiger partial charge in [0, 0.05) is 6.61 Å². The molecule has 0 aromatic heterocycles. The van der Waals surface area contributed by atoms with Gasteiger partial charge < -0.3 is 19.5 Å². The first-order chi connectivity index (χ1) is 8.59. The number of ether oxygens (including phenoxy) is 2. The quantitative estimate of drug-likeness (QED) is 0.531. The average Bonchev–Trinajstić information content (AvgIpc) is 2.33. The fourth-order valence-corrected chi connectivity index (χ4v) is 1.40. The summed E-state index contributed by atoms with van der Waals surface area (Å²) in [6, 6.07) is 6.75. The van der Waals surface area contributed by atoms with Crippen LogP contribution in [0.3, 0.4) is 0 Å². The zero-order valence-corrected chi connectivity index (χ0v) is 11.0. The second-order valence-electron chi connectivity index (χ2n) is 4.59. The number of hydrogen-bond acceptors (Lipinski definition) is 4. The molecule has 0 atom stereocenters. The van der Waals surface area contributed by atoms with Crippen LogP contribution in [0.2, 0.25) is 0 Å². The van der Waals surface area contributed by atoms with E-state index in [9.17, 15) is 0 Å². The number of hydrogen-bond donors (Lipinski definition) is 2. The van der Waals surface area contributed by atoms with Crippen LogP contribution in [-0.2, 0) is 4.74 Å². The van der Waals surface area contributed by atoms with Crippen molar-refractivity contribution < 1.29 is 19.5 Å². The first kappa shape index (κ1) is 15.0. The van der Waals surface area contributed by atoms with Crippen LogP contribution in [0.5, 0.6) is 5.75 Å². The van der Waals surface area contributed by atoms with Crippen LogP contribution in [0.4, 0.5) is 0 Å². The van der Waals surface area contributed by atoms with E-state index in [-0.39, 0.29) is 0 Å². The molecule has 1 rings (SSSR count). The molecule has 0 saturated carbocycles. The summed E-state index contributed by atoms with van der Waals surface area (Å²) in [5.74, 6) is 1.27. The molecule has 1 aromatic rings. The predicted octanol–water partition coefficient (Wildman–Crippen LogP) is 0.808. The number of benzene rings is 1. The highest BCUT2D eigenvalue weighted by atomic mass is 16.5. The van der Waals surface area contributed by atoms with E-state index in [1.807, 2.05) is 0 Å². The Morgan fingerprint density at radius 1 is 1.17 bits per heavy atom. The Balaban J connectivity index is 2.21. The summed E-state index contributed by atoms with van der Waals surface area (Å²) in [5, 5.41) is 18.0. The minimum atomic E-state index is -1.46. The van der Waals surface area contributed by atoms with Gasteiger partial charge in [0.2, 0.25) is 0 Å². The van der Waals surface area contributed by atoms with E-state index in [1.165, 1.54) is 0 Å². The summed E-state index contributed by atoms with van der Waals surface area (Å²) in [6.07, 6.45) is 1.05. The second kappa shape index (κ2) is 8.13. The van der Waals surface area contributed by atoms with Crippen LogP contribution in [0, 0.1) is 5.92 Å². The molecule has 100 valence electrons. The van der Waals surface area contributed by atoms with Crippen LogP contribution < -0.4 is 10.2 Å². The Labute approximate surface area is 109 Å². The smallest absolute Gasteiger partial charge is 0.488 e. The number of rotatable bonds is 8. The van der Waals surface area contributed by atoms with Gasteiger partial charge in [-0.3, -0.25) is 0 Å². The first-order valence-corrected chi connectivity index (χ1v) is 6.26. The van der Waals surface area contributed by atoms with E-state index in [4.69, 9.17) is 19.5 Å². The van der Waals surface area contributed by atoms with Gasteiger partial charge in [-0.1, -0.05) is 26.0 Å². The molecule has 0 radical (unpaired) electrons. The third kappa shape index (κ3) is 6.05. The lowest BCUT2D eigenvalue weighted by atomic mass is 9.80. The molecule has 0 fully saturated rings. The van der Waals surface area contributed by atoms with E-state index in [1.54, 1.807) is 24.3 Å². The molecule has 18 heavy (non-hydrogen) atoms. The molecule has 0 bridgehead atoms. The molecule has 2 N–H and O–H groups in total. The fourth-order valence-electron chi connectivity index (χ4n) is 1.40. The summed E-state index contributed by atoms with van der Waals surface area (Å²) in [7, 11) is -1.46. The molecule has 0 saturated heterocycles. The van der Waals surface area contributed by atoms with E-state index in [2.05, 4.69) is 13.8 Å². The average molecular weight is 252 g/mol. The zero-order chi connectivity index (χ0) is 13.4. The third-order valence-electron chi connectivity index (χ3n) is 2.49. The van der Waals surface area contributed by atoms with Crippen molar-refractivity contribution in [3.8, 4) is 5.75 Å². The van der Waals surface area contributed by atoms with Crippen molar-refractivity contribution in [2.24, 2.45) is 5.92 Å². The van der Waals surface area contributed by atoms with Crippen molar-refractivity contribution in [3.05, 3.63) is 24.3 Å². The lowest BCUT2D eigenvalue weighted by Crippen LogP contribution is -2.29. The monoisotopic (exact) mass is 252 g/mol. The maximum atomic E-state index is 9.02. The minimum absolute atomic E-state index is 0.424. The van der Waals surface area contributed by atoms with Gasteiger partial charge in [-0.25, -0.2) is 0 Å². The molecular formula is C13H21BO4. The van der Waals surface area contributed by atoms with Crippen molar-refractivity contribution in [1.29, 1.82) is 0 Å². The van der Waals surface area contributed by atoms with Crippen LogP contribution in [0.15, 0.2) is 24.3 Å². The fraction of sp³-hybridized carbons (Fsp3) is 0.538. The first-order valence-electron chi connectivity index (χ1n) is 6.26. The highest BCUT2D eigenvalue weighted by Crippen LogP contribution is 2.07. The Hall–Kier alpha value is -1.04. The van der Waals surface area contributed by atoms with Crippen molar-refractivity contribution in [2.45, 2.75) is 20.3 Å². The van der Waals surface area contributed by atoms with Gasteiger partial charge in [-0.2, -0.15) is 0 Å². The van der Waals surface area contributed by atoms with Gasteiger partial charge in [0.1, 0.15) is 12.4 Å². The molecule has 0 aliphatic rings. The van der Waals surface area contributed by atoms with Crippen molar-refractivity contribution in [2.75, 3.05) is 19.8 Å². The third-order valence-corrected chi connectivity index (χ3v) is 2.49. The van der Waals surface area contributed by atoms with E-state index in [0.29, 0.717) is 30.3 Å². The molecule has 5 heteroatoms. The normalized spacial score (nSPS) is 10.7. The van der Waals surface area contributed by atoms with Gasteiger partial charge in [0.15, 0.2) is 0 Å². The van der Waals surface area contributed by atoms with Crippen molar-refractivity contribution in [1.82, 2.24) is 0 Å². The molecule has 0 aliphatic heterocycles. The summed E-state index contributed by atoms with van der Waals surface area (Å²) < 4.78 is 10.9. The second-order valence-corrected chi connectivity index (χ2v) is 4.59. The predicted molar refractivity (Wildman–Crippen MR) is 72.0 cm³/mol. The summed E-state index contributed by atoms with van der Waals surface area (Å²) in [6.45, 7) is 6.06. The Kier molecular flexibility index (Phi) is 6.79. The Morgan fingerprint density at radius 3 is 2.61 bits per heavy atom. The molecule has 4 nitrogen and oxygen atoms in total. The standard InChI is InChI=1S/C13H21BO4/c1-11(2)6-7-17-8-9-18-13-5-3-4-12(10-13)14(15)16/h3-5,10-11,15-16H,6-9H2,1-2H3. The van der Waals surface area contributed by atoms with Crippen LogP contribution in [-0.4, -0.2) is 37.0 Å². The summed E-state index contributed by atoms with van der Waals surface area (Å²) >= 11 is 0. The highest BCUT2D eigenvalue weighted by Gasteiger charge is 2.10. The van der Waals surface area contributed by atoms with Crippen LogP contribution in [0.25, 0.3) is 0 Å². The molecule has 0 amide bonds. The lowest BCUT2D eigenvalue weighted by molar-refractivity contribution is 0.0926. The topological polar surface area (TPSA) is 58.9 Å². The van der Waals surface area contributed by atoms with Gasteiger partial charge in [-0.05, 0) is 29.9 Å². The Morgan fingerprint density at radius 2 is 1.94 bits per heavy atom. The van der Waals surface area contributed by atoms with Crippen LogP contribution >= 0.6 is 0 Å². The molecular weight excluding hydrogens is 231 g/mol. The van der Waals surface area contributed by atoms with Gasteiger partial charge >= 0.3 is 7.12 Å². The molecule has 0 unspecified atom stereocenters. The van der Waals surface area contributed by atoms with Gasteiger partial charge in [0.05, 0.1) is 6.61 Å². The van der Waals surface area contributed by atoms with Gasteiger partial charge in [0.25, 0.3) is 0 Å². The molecule has 0 spiro atoms. The SMILES string of the molecule is CC(C)CCOCCOc1cccc(B(O)O)c1. The molecule has 0 heterocycles. The summed E-state index contributed by atoms with van der Waals surface area (Å²) in [5.41, 5.74) is 0.424. The van der Waals surface area contributed by atoms with E-state index in [0.717, 1.165) is 13.0 Å². The van der Waals surface area contributed by atoms with Gasteiger partial charge in [-0.15, -0.1) is 0 Å². The summed E-state index contributed by atoms with van der Waals surface area (Å²) in [4.78, 5) is 0. The minimum Gasteiger partial charge on any atom is -0.491 e. The Bertz CT molecular complexity index is 342. The molecule has 0 aliphatic carbocycles. The lowest BCUT2D eigenvalue weighted by Gasteiger charge is -2.09. The largest absolute Gasteiger partial charge is 0.491 e. The van der Waals surface area contributed by atoms with Crippen LogP contribution in [0.1, 0.15) is 20.3 Å². The van der Waals surface area contributed by atoms with Crippen molar-refractivity contribution in [3.63, 3.8) is 0 Å². The van der Waals surface area contributed by atoms with Crippen molar-refractivity contribution >= 4 is 12.6 Å². The zero-order valence-electron chi connectivity index (χ0n) is 11.0. The maximum Gasteiger partial charge on any atom is 0.488 e. The highest BCUT2D eigenvalue weighted by molar-refractivity contribution is 6.58.